The fourth-order valence-electron chi connectivity index (χ4n) is 3.49. The number of nitrogens with one attached hydrogen (secondary N) is 1. The lowest BCUT2D eigenvalue weighted by atomic mass is 9.97. The van der Waals surface area contributed by atoms with Crippen LogP contribution in [0.15, 0.2) is 0 Å². The zero-order valence-corrected chi connectivity index (χ0v) is 14.0. The van der Waals surface area contributed by atoms with Crippen molar-refractivity contribution in [3.05, 3.63) is 0 Å². The van der Waals surface area contributed by atoms with E-state index in [4.69, 9.17) is 0 Å². The maximum Gasteiger partial charge on any atom is 0.325 e. The Morgan fingerprint density at radius 2 is 1.82 bits per heavy atom. The molecule has 0 saturated carbocycles. The SMILES string of the molecule is CC(C)CC1NC(=O)N(CC(=O)N2C(C)CCCC2C)C1=O. The van der Waals surface area contributed by atoms with Crippen molar-refractivity contribution < 1.29 is 14.4 Å². The van der Waals surface area contributed by atoms with Gasteiger partial charge in [0, 0.05) is 12.1 Å². The van der Waals surface area contributed by atoms with E-state index in [0.717, 1.165) is 24.2 Å². The van der Waals surface area contributed by atoms with E-state index >= 15 is 0 Å². The average Bonchev–Trinajstić information content (AvgIpc) is 2.65. The summed E-state index contributed by atoms with van der Waals surface area (Å²) in [5.41, 5.74) is 0. The van der Waals surface area contributed by atoms with Crippen LogP contribution in [0, 0.1) is 5.92 Å². The summed E-state index contributed by atoms with van der Waals surface area (Å²) in [6.45, 7) is 7.92. The number of carbonyl (C=O) groups excluding carboxylic acids is 3. The van der Waals surface area contributed by atoms with Gasteiger partial charge in [-0.1, -0.05) is 13.8 Å². The molecule has 0 aromatic carbocycles. The van der Waals surface area contributed by atoms with E-state index in [1.807, 2.05) is 32.6 Å². The van der Waals surface area contributed by atoms with Crippen LogP contribution in [-0.4, -0.2) is 52.3 Å². The highest BCUT2D eigenvalue weighted by molar-refractivity contribution is 6.06. The Morgan fingerprint density at radius 3 is 2.36 bits per heavy atom. The number of urea groups is 1. The number of amides is 4. The van der Waals surface area contributed by atoms with Gasteiger partial charge in [0.15, 0.2) is 0 Å². The van der Waals surface area contributed by atoms with Crippen molar-refractivity contribution in [1.82, 2.24) is 15.1 Å². The second-order valence-corrected chi connectivity index (χ2v) is 6.99. The summed E-state index contributed by atoms with van der Waals surface area (Å²) in [6.07, 6.45) is 3.68. The maximum atomic E-state index is 12.5. The van der Waals surface area contributed by atoms with Gasteiger partial charge < -0.3 is 10.2 Å². The maximum absolute atomic E-state index is 12.5. The molecule has 0 aliphatic carbocycles. The van der Waals surface area contributed by atoms with E-state index in [0.29, 0.717) is 12.3 Å². The average molecular weight is 309 g/mol. The first-order valence-corrected chi connectivity index (χ1v) is 8.24. The van der Waals surface area contributed by atoms with E-state index in [9.17, 15) is 14.4 Å². The molecule has 4 amide bonds. The normalized spacial score (nSPS) is 29.2. The molecule has 2 rings (SSSR count). The molecule has 3 unspecified atom stereocenters. The quantitative estimate of drug-likeness (QED) is 0.804. The molecule has 2 saturated heterocycles. The Kier molecular flexibility index (Phi) is 5.08. The zero-order chi connectivity index (χ0) is 16.4. The van der Waals surface area contributed by atoms with Crippen LogP contribution in [0.25, 0.3) is 0 Å². The number of rotatable bonds is 4. The fourth-order valence-corrected chi connectivity index (χ4v) is 3.49. The largest absolute Gasteiger partial charge is 0.336 e. The van der Waals surface area contributed by atoms with Crippen molar-refractivity contribution in [2.75, 3.05) is 6.54 Å². The summed E-state index contributed by atoms with van der Waals surface area (Å²) in [6, 6.07) is -0.593. The molecule has 2 fully saturated rings. The van der Waals surface area contributed by atoms with Gasteiger partial charge >= 0.3 is 6.03 Å². The lowest BCUT2D eigenvalue weighted by Crippen LogP contribution is -2.52. The standard InChI is InChI=1S/C16H27N3O3/c1-10(2)8-13-15(21)18(16(22)17-13)9-14(20)19-11(3)6-5-7-12(19)4/h10-13H,5-9H2,1-4H3,(H,17,22). The summed E-state index contributed by atoms with van der Waals surface area (Å²) in [5, 5.41) is 2.68. The van der Waals surface area contributed by atoms with Crippen molar-refractivity contribution in [2.24, 2.45) is 5.92 Å². The van der Waals surface area contributed by atoms with Crippen LogP contribution < -0.4 is 5.32 Å². The molecule has 6 nitrogen and oxygen atoms in total. The summed E-state index contributed by atoms with van der Waals surface area (Å²) in [4.78, 5) is 39.7. The molecule has 6 heteroatoms. The number of carbonyl (C=O) groups is 3. The Bertz CT molecular complexity index is 454. The second-order valence-electron chi connectivity index (χ2n) is 6.99. The zero-order valence-electron chi connectivity index (χ0n) is 14.0. The van der Waals surface area contributed by atoms with Crippen molar-refractivity contribution in [1.29, 1.82) is 0 Å². The van der Waals surface area contributed by atoms with Crippen LogP contribution in [0.2, 0.25) is 0 Å². The van der Waals surface area contributed by atoms with Gasteiger partial charge in [-0.2, -0.15) is 0 Å². The lowest BCUT2D eigenvalue weighted by molar-refractivity contribution is -0.141. The predicted molar refractivity (Wildman–Crippen MR) is 83.1 cm³/mol. The molecule has 124 valence electrons. The van der Waals surface area contributed by atoms with Crippen molar-refractivity contribution in [2.45, 2.75) is 71.5 Å². The van der Waals surface area contributed by atoms with Crippen LogP contribution >= 0.6 is 0 Å². The first-order chi connectivity index (χ1) is 10.3. The molecule has 2 aliphatic rings. The van der Waals surface area contributed by atoms with Gasteiger partial charge in [0.05, 0.1) is 0 Å². The highest BCUT2D eigenvalue weighted by Crippen LogP contribution is 2.23. The monoisotopic (exact) mass is 309 g/mol. The molecular formula is C16H27N3O3. The van der Waals surface area contributed by atoms with Gasteiger partial charge in [0.1, 0.15) is 12.6 Å². The van der Waals surface area contributed by atoms with Gasteiger partial charge in [-0.15, -0.1) is 0 Å². The van der Waals surface area contributed by atoms with E-state index < -0.39 is 12.1 Å². The highest BCUT2D eigenvalue weighted by Gasteiger charge is 2.40. The number of piperidine rings is 1. The number of hydrogen-bond donors (Lipinski definition) is 1. The molecule has 2 aliphatic heterocycles. The summed E-state index contributed by atoms with van der Waals surface area (Å²) in [7, 11) is 0. The van der Waals surface area contributed by atoms with Crippen LogP contribution in [0.4, 0.5) is 4.79 Å². The van der Waals surface area contributed by atoms with Crippen molar-refractivity contribution >= 4 is 17.8 Å². The van der Waals surface area contributed by atoms with Crippen LogP contribution in [0.1, 0.15) is 53.4 Å². The molecule has 22 heavy (non-hydrogen) atoms. The van der Waals surface area contributed by atoms with Crippen molar-refractivity contribution in [3.8, 4) is 0 Å². The van der Waals surface area contributed by atoms with Gasteiger partial charge in [0.2, 0.25) is 5.91 Å². The van der Waals surface area contributed by atoms with Crippen LogP contribution in [0.3, 0.4) is 0 Å². The molecule has 3 atom stereocenters. The number of nitrogens with zero attached hydrogens (tertiary/aromatic N) is 2. The molecule has 0 aromatic heterocycles. The summed E-state index contributed by atoms with van der Waals surface area (Å²) in [5.74, 6) is -0.0928. The van der Waals surface area contributed by atoms with Gasteiger partial charge in [-0.25, -0.2) is 4.79 Å². The third-order valence-electron chi connectivity index (χ3n) is 4.59. The topological polar surface area (TPSA) is 69.7 Å². The molecule has 0 aromatic rings. The van der Waals surface area contributed by atoms with E-state index in [1.54, 1.807) is 0 Å². The van der Waals surface area contributed by atoms with E-state index in [1.165, 1.54) is 0 Å². The number of hydrogen-bond acceptors (Lipinski definition) is 3. The first kappa shape index (κ1) is 16.8. The molecule has 0 spiro atoms. The van der Waals surface area contributed by atoms with Gasteiger partial charge in [-0.3, -0.25) is 14.5 Å². The minimum absolute atomic E-state index is 0.131. The van der Waals surface area contributed by atoms with E-state index in [2.05, 4.69) is 5.32 Å². The smallest absolute Gasteiger partial charge is 0.325 e. The minimum atomic E-state index is -0.489. The Morgan fingerprint density at radius 1 is 1.23 bits per heavy atom. The first-order valence-electron chi connectivity index (χ1n) is 8.24. The minimum Gasteiger partial charge on any atom is -0.336 e. The van der Waals surface area contributed by atoms with E-state index in [-0.39, 0.29) is 30.4 Å². The van der Waals surface area contributed by atoms with Crippen LogP contribution in [-0.2, 0) is 9.59 Å². The van der Waals surface area contributed by atoms with Crippen LogP contribution in [0.5, 0.6) is 0 Å². The Labute approximate surface area is 132 Å². The molecule has 2 heterocycles. The highest BCUT2D eigenvalue weighted by atomic mass is 16.2. The molecule has 1 N–H and O–H groups in total. The number of imide groups is 1. The second kappa shape index (κ2) is 6.67. The van der Waals surface area contributed by atoms with Gasteiger partial charge in [0.25, 0.3) is 5.91 Å². The molecular weight excluding hydrogens is 282 g/mol. The summed E-state index contributed by atoms with van der Waals surface area (Å²) < 4.78 is 0. The third-order valence-corrected chi connectivity index (χ3v) is 4.59. The van der Waals surface area contributed by atoms with Crippen molar-refractivity contribution in [3.63, 3.8) is 0 Å². The third kappa shape index (κ3) is 3.42. The number of likely N-dealkylation sites (tertiary alicyclic amines) is 1. The molecule has 0 radical (unpaired) electrons. The Hall–Kier alpha value is -1.59. The fraction of sp³-hybridized carbons (Fsp3) is 0.812. The predicted octanol–water partition coefficient (Wildman–Crippen LogP) is 1.74. The summed E-state index contributed by atoms with van der Waals surface area (Å²) >= 11 is 0. The molecule has 0 bridgehead atoms. The van der Waals surface area contributed by atoms with Gasteiger partial charge in [-0.05, 0) is 45.4 Å². The Balaban J connectivity index is 2.01. The lowest BCUT2D eigenvalue weighted by Gasteiger charge is -2.39.